The first kappa shape index (κ1) is 19.7. The van der Waals surface area contributed by atoms with Gasteiger partial charge in [0.2, 0.25) is 0 Å². The second-order valence-corrected chi connectivity index (χ2v) is 10.1. The molecule has 2 aromatic rings. The molecule has 2 nitrogen and oxygen atoms in total. The van der Waals surface area contributed by atoms with E-state index in [9.17, 15) is 5.11 Å². The van der Waals surface area contributed by atoms with Crippen molar-refractivity contribution in [3.8, 4) is 0 Å². The largest absolute Gasteiger partial charge is 0.393 e. The summed E-state index contributed by atoms with van der Waals surface area (Å²) in [6.07, 6.45) is 6.73. The maximum Gasteiger partial charge on any atom is 0.0580 e. The minimum absolute atomic E-state index is 0.0974. The van der Waals surface area contributed by atoms with Crippen molar-refractivity contribution in [1.82, 2.24) is 4.90 Å². The van der Waals surface area contributed by atoms with Crippen molar-refractivity contribution in [2.45, 2.75) is 54.4 Å². The van der Waals surface area contributed by atoms with Crippen molar-refractivity contribution in [2.75, 3.05) is 19.6 Å². The number of hydrogen-bond donors (Lipinski definition) is 1. The first-order chi connectivity index (χ1) is 14.2. The van der Waals surface area contributed by atoms with E-state index in [1.54, 1.807) is 5.57 Å². The van der Waals surface area contributed by atoms with Crippen molar-refractivity contribution in [3.63, 3.8) is 0 Å². The van der Waals surface area contributed by atoms with E-state index < -0.39 is 0 Å². The fraction of sp³-hybridized carbons (Fsp3) is 0.440. The number of rotatable bonds is 2. The molecule has 152 valence electrons. The molecule has 1 N–H and O–H groups in total. The molecule has 2 fully saturated rings. The highest BCUT2D eigenvalue weighted by Crippen LogP contribution is 2.48. The van der Waals surface area contributed by atoms with Gasteiger partial charge in [-0.1, -0.05) is 60.0 Å². The van der Waals surface area contributed by atoms with Crippen LogP contribution in [-0.4, -0.2) is 35.7 Å². The number of benzene rings is 2. The monoisotopic (exact) mass is 425 g/mol. The lowest BCUT2D eigenvalue weighted by Crippen LogP contribution is -2.40. The predicted molar refractivity (Wildman–Crippen MR) is 122 cm³/mol. The number of fused-ring (bicyclic) bond motifs is 2. The first-order valence-corrected chi connectivity index (χ1v) is 12.1. The van der Waals surface area contributed by atoms with Crippen LogP contribution < -0.4 is 0 Å². The zero-order valence-corrected chi connectivity index (χ0v) is 18.3. The van der Waals surface area contributed by atoms with E-state index in [1.165, 1.54) is 45.8 Å². The van der Waals surface area contributed by atoms with Gasteiger partial charge < -0.3 is 10.0 Å². The molecule has 4 heteroatoms. The van der Waals surface area contributed by atoms with Crippen LogP contribution in [0.1, 0.15) is 49.7 Å². The molecule has 0 bridgehead atoms. The SMILES string of the molecule is O[C@@H]1CCCC[C@H]1CN1CCC(=C2c3ccccc3Sc3ccc(Cl)cc32)CC1. The highest BCUT2D eigenvalue weighted by atomic mass is 35.5. The number of halogens is 1. The van der Waals surface area contributed by atoms with E-state index in [1.807, 2.05) is 17.8 Å². The van der Waals surface area contributed by atoms with Crippen molar-refractivity contribution < 1.29 is 5.11 Å². The summed E-state index contributed by atoms with van der Waals surface area (Å²) >= 11 is 8.24. The predicted octanol–water partition coefficient (Wildman–Crippen LogP) is 6.25. The molecule has 3 aliphatic rings. The van der Waals surface area contributed by atoms with E-state index in [2.05, 4.69) is 41.3 Å². The topological polar surface area (TPSA) is 23.5 Å². The van der Waals surface area contributed by atoms with Crippen molar-refractivity contribution in [1.29, 1.82) is 0 Å². The van der Waals surface area contributed by atoms with Gasteiger partial charge in [-0.15, -0.1) is 0 Å². The molecule has 1 saturated heterocycles. The minimum atomic E-state index is -0.0974. The Kier molecular flexibility index (Phi) is 5.75. The summed E-state index contributed by atoms with van der Waals surface area (Å²) in [5.74, 6) is 0.462. The number of hydrogen-bond acceptors (Lipinski definition) is 3. The number of piperidine rings is 1. The van der Waals surface area contributed by atoms with Gasteiger partial charge in [-0.25, -0.2) is 0 Å². The van der Waals surface area contributed by atoms with Gasteiger partial charge in [0, 0.05) is 34.4 Å². The quantitative estimate of drug-likeness (QED) is 0.524. The Bertz CT molecular complexity index is 930. The van der Waals surface area contributed by atoms with Gasteiger partial charge in [-0.3, -0.25) is 0 Å². The standard InChI is InChI=1S/C25H28ClNOS/c26-19-9-10-24-21(15-19)25(20-6-2-4-8-23(20)29-24)17-11-13-27(14-12-17)16-18-5-1-3-7-22(18)28/h2,4,6,8-10,15,18,22,28H,1,3,5,7,11-14,16H2/t18-,22+/m0/s1. The van der Waals surface area contributed by atoms with Gasteiger partial charge >= 0.3 is 0 Å². The lowest BCUT2D eigenvalue weighted by molar-refractivity contribution is 0.0449. The van der Waals surface area contributed by atoms with E-state index in [0.29, 0.717) is 5.92 Å². The number of likely N-dealkylation sites (tertiary alicyclic amines) is 1. The number of aliphatic hydroxyl groups excluding tert-OH is 1. The molecule has 0 radical (unpaired) electrons. The summed E-state index contributed by atoms with van der Waals surface area (Å²) in [6.45, 7) is 3.24. The molecular formula is C25H28ClNOS. The van der Waals surface area contributed by atoms with Crippen molar-refractivity contribution in [3.05, 3.63) is 64.2 Å². The molecule has 0 amide bonds. The van der Waals surface area contributed by atoms with Crippen molar-refractivity contribution in [2.24, 2.45) is 5.92 Å². The lowest BCUT2D eigenvalue weighted by atomic mass is 9.85. The van der Waals surface area contributed by atoms with E-state index in [0.717, 1.165) is 43.9 Å². The van der Waals surface area contributed by atoms with Gasteiger partial charge in [0.1, 0.15) is 0 Å². The molecule has 2 aromatic carbocycles. The van der Waals surface area contributed by atoms with Crippen LogP contribution in [0.25, 0.3) is 5.57 Å². The molecule has 29 heavy (non-hydrogen) atoms. The van der Waals surface area contributed by atoms with E-state index in [4.69, 9.17) is 11.6 Å². The van der Waals surface area contributed by atoms with Gasteiger partial charge in [0.05, 0.1) is 6.10 Å². The Hall–Kier alpha value is -1.26. The van der Waals surface area contributed by atoms with Gasteiger partial charge in [0.15, 0.2) is 0 Å². The zero-order chi connectivity index (χ0) is 19.8. The van der Waals surface area contributed by atoms with Crippen LogP contribution in [-0.2, 0) is 0 Å². The fourth-order valence-corrected chi connectivity index (χ4v) is 6.42. The third kappa shape index (κ3) is 4.03. The average molecular weight is 426 g/mol. The Labute approximate surface area is 183 Å². The zero-order valence-electron chi connectivity index (χ0n) is 16.7. The molecule has 1 aliphatic carbocycles. The molecule has 2 atom stereocenters. The second-order valence-electron chi connectivity index (χ2n) is 8.63. The highest BCUT2D eigenvalue weighted by Gasteiger charge is 2.29. The third-order valence-electron chi connectivity index (χ3n) is 6.76. The van der Waals surface area contributed by atoms with Gasteiger partial charge in [0.25, 0.3) is 0 Å². The lowest BCUT2D eigenvalue weighted by Gasteiger charge is -2.36. The first-order valence-electron chi connectivity index (χ1n) is 10.9. The summed E-state index contributed by atoms with van der Waals surface area (Å²) in [5.41, 5.74) is 5.63. The highest BCUT2D eigenvalue weighted by molar-refractivity contribution is 7.99. The summed E-state index contributed by atoms with van der Waals surface area (Å²) < 4.78 is 0. The normalized spacial score (nSPS) is 24.9. The van der Waals surface area contributed by atoms with Crippen LogP contribution in [0, 0.1) is 5.92 Å². The third-order valence-corrected chi connectivity index (χ3v) is 8.15. The summed E-state index contributed by atoms with van der Waals surface area (Å²) in [7, 11) is 0. The smallest absolute Gasteiger partial charge is 0.0580 e. The maximum atomic E-state index is 10.3. The van der Waals surface area contributed by atoms with Crippen LogP contribution >= 0.6 is 23.4 Å². The van der Waals surface area contributed by atoms with Crippen LogP contribution in [0.15, 0.2) is 57.8 Å². The Balaban J connectivity index is 1.41. The second kappa shape index (κ2) is 8.47. The molecular weight excluding hydrogens is 398 g/mol. The molecule has 2 aliphatic heterocycles. The average Bonchev–Trinajstić information content (AvgIpc) is 2.74. The minimum Gasteiger partial charge on any atom is -0.393 e. The summed E-state index contributed by atoms with van der Waals surface area (Å²) in [6, 6.07) is 15.1. The molecule has 1 saturated carbocycles. The molecule has 5 rings (SSSR count). The summed E-state index contributed by atoms with van der Waals surface area (Å²) in [4.78, 5) is 5.23. The van der Waals surface area contributed by atoms with Crippen LogP contribution in [0.2, 0.25) is 5.02 Å². The summed E-state index contributed by atoms with van der Waals surface area (Å²) in [5, 5.41) is 11.2. The Morgan fingerprint density at radius 1 is 0.966 bits per heavy atom. The van der Waals surface area contributed by atoms with Crippen LogP contribution in [0.4, 0.5) is 0 Å². The number of aliphatic hydroxyl groups is 1. The molecule has 0 aromatic heterocycles. The molecule has 2 heterocycles. The van der Waals surface area contributed by atoms with Gasteiger partial charge in [-0.2, -0.15) is 0 Å². The maximum absolute atomic E-state index is 10.3. The Morgan fingerprint density at radius 2 is 1.72 bits per heavy atom. The van der Waals surface area contributed by atoms with E-state index in [-0.39, 0.29) is 6.10 Å². The molecule has 0 unspecified atom stereocenters. The van der Waals surface area contributed by atoms with E-state index >= 15 is 0 Å². The van der Waals surface area contributed by atoms with Crippen molar-refractivity contribution >= 4 is 28.9 Å². The fourth-order valence-electron chi connectivity index (χ4n) is 5.18. The molecule has 0 spiro atoms. The van der Waals surface area contributed by atoms with Gasteiger partial charge in [-0.05, 0) is 72.6 Å². The Morgan fingerprint density at radius 3 is 2.55 bits per heavy atom. The number of nitrogens with zero attached hydrogens (tertiary/aromatic N) is 1. The van der Waals surface area contributed by atoms with Crippen LogP contribution in [0.3, 0.4) is 0 Å². The van der Waals surface area contributed by atoms with Crippen LogP contribution in [0.5, 0.6) is 0 Å².